The molecular weight excluding hydrogens is 266 g/mol. The quantitative estimate of drug-likeness (QED) is 0.632. The van der Waals surface area contributed by atoms with E-state index < -0.39 is 12.0 Å². The van der Waals surface area contributed by atoms with E-state index in [-0.39, 0.29) is 5.91 Å². The van der Waals surface area contributed by atoms with Crippen molar-refractivity contribution in [2.45, 2.75) is 40.7 Å². The van der Waals surface area contributed by atoms with Crippen LogP contribution in [0, 0.1) is 13.8 Å². The number of esters is 1. The van der Waals surface area contributed by atoms with Crippen LogP contribution in [-0.2, 0) is 14.3 Å². The highest BCUT2D eigenvalue weighted by Crippen LogP contribution is 2.28. The molecule has 0 spiro atoms. The van der Waals surface area contributed by atoms with Gasteiger partial charge in [-0.3, -0.25) is 9.69 Å². The fourth-order valence-corrected chi connectivity index (χ4v) is 2.25. The van der Waals surface area contributed by atoms with Crippen LogP contribution in [0.25, 0.3) is 0 Å². The minimum absolute atomic E-state index is 0.187. The van der Waals surface area contributed by atoms with Gasteiger partial charge in [0.05, 0.1) is 12.8 Å². The number of ether oxygens (including phenoxy) is 1. The molecule has 0 aliphatic heterocycles. The summed E-state index contributed by atoms with van der Waals surface area (Å²) in [7, 11) is 1.33. The van der Waals surface area contributed by atoms with Crippen molar-refractivity contribution in [1.29, 1.82) is 0 Å². The largest absolute Gasteiger partial charge is 0.467 e. The van der Waals surface area contributed by atoms with Crippen molar-refractivity contribution >= 4 is 17.6 Å². The number of aryl methyl sites for hydroxylation is 2. The summed E-state index contributed by atoms with van der Waals surface area (Å²) < 4.78 is 4.81. The predicted octanol–water partition coefficient (Wildman–Crippen LogP) is 3.16. The summed E-state index contributed by atoms with van der Waals surface area (Å²) >= 11 is 0. The zero-order valence-corrected chi connectivity index (χ0v) is 13.6. The van der Waals surface area contributed by atoms with E-state index in [1.807, 2.05) is 32.0 Å². The molecule has 0 heterocycles. The van der Waals surface area contributed by atoms with E-state index in [1.165, 1.54) is 12.0 Å². The number of benzene rings is 1. The summed E-state index contributed by atoms with van der Waals surface area (Å²) in [5.41, 5.74) is 3.25. The summed E-state index contributed by atoms with van der Waals surface area (Å²) in [5.74, 6) is -0.622. The minimum atomic E-state index is -0.683. The lowest BCUT2D eigenvalue weighted by molar-refractivity contribution is -0.142. The van der Waals surface area contributed by atoms with E-state index >= 15 is 0 Å². The number of hydrogen-bond acceptors (Lipinski definition) is 3. The average Bonchev–Trinajstić information content (AvgIpc) is 2.48. The van der Waals surface area contributed by atoms with Crippen molar-refractivity contribution in [3.05, 3.63) is 41.0 Å². The van der Waals surface area contributed by atoms with Gasteiger partial charge in [-0.05, 0) is 45.7 Å². The Balaban J connectivity index is 3.45. The highest BCUT2D eigenvalue weighted by atomic mass is 16.5. The van der Waals surface area contributed by atoms with Crippen LogP contribution in [0.4, 0.5) is 5.69 Å². The maximum absolute atomic E-state index is 12.7. The molecule has 0 saturated carbocycles. The van der Waals surface area contributed by atoms with E-state index in [0.717, 1.165) is 16.8 Å². The standard InChI is InChI=1S/C17H23NO3/c1-7-11(2)16(19)18(14(5)17(20)21-6)15-12(3)9-8-10-13(15)4/h7-10,14H,1-6H3/t14-/m0/s1. The third-order valence-electron chi connectivity index (χ3n) is 3.60. The lowest BCUT2D eigenvalue weighted by Gasteiger charge is -2.30. The first-order chi connectivity index (χ1) is 9.84. The number of carbonyl (C=O) groups is 2. The molecule has 0 fully saturated rings. The van der Waals surface area contributed by atoms with Gasteiger partial charge in [0.25, 0.3) is 5.91 Å². The van der Waals surface area contributed by atoms with Crippen LogP contribution >= 0.6 is 0 Å². The van der Waals surface area contributed by atoms with Gasteiger partial charge in [-0.1, -0.05) is 24.3 Å². The van der Waals surface area contributed by atoms with Crippen molar-refractivity contribution in [3.63, 3.8) is 0 Å². The first kappa shape index (κ1) is 17.0. The summed E-state index contributed by atoms with van der Waals surface area (Å²) in [6, 6.07) is 5.11. The number of carbonyl (C=O) groups excluding carboxylic acids is 2. The fourth-order valence-electron chi connectivity index (χ4n) is 2.25. The van der Waals surface area contributed by atoms with Crippen LogP contribution in [0.5, 0.6) is 0 Å². The lowest BCUT2D eigenvalue weighted by atomic mass is 10.0. The molecule has 1 aromatic carbocycles. The third kappa shape index (κ3) is 3.51. The first-order valence-electron chi connectivity index (χ1n) is 6.95. The molecule has 21 heavy (non-hydrogen) atoms. The molecule has 1 aromatic rings. The van der Waals surface area contributed by atoms with Crippen LogP contribution in [0.2, 0.25) is 0 Å². The number of hydrogen-bond donors (Lipinski definition) is 0. The molecule has 0 aliphatic carbocycles. The van der Waals surface area contributed by atoms with Crippen LogP contribution in [0.15, 0.2) is 29.8 Å². The molecule has 0 N–H and O–H groups in total. The van der Waals surface area contributed by atoms with Crippen molar-refractivity contribution < 1.29 is 14.3 Å². The van der Waals surface area contributed by atoms with Crippen molar-refractivity contribution in [2.75, 3.05) is 12.0 Å². The zero-order chi connectivity index (χ0) is 16.2. The second-order valence-electron chi connectivity index (χ2n) is 5.09. The number of nitrogens with zero attached hydrogens (tertiary/aromatic N) is 1. The Morgan fingerprint density at radius 2 is 1.76 bits per heavy atom. The summed E-state index contributed by atoms with van der Waals surface area (Å²) in [6.07, 6.45) is 1.74. The van der Waals surface area contributed by atoms with Crippen LogP contribution in [0.1, 0.15) is 31.9 Å². The number of para-hydroxylation sites is 1. The molecule has 0 radical (unpaired) electrons. The topological polar surface area (TPSA) is 46.6 Å². The summed E-state index contributed by atoms with van der Waals surface area (Å²) in [4.78, 5) is 26.1. The molecule has 1 atom stereocenters. The molecule has 4 heteroatoms. The molecule has 0 bridgehead atoms. The van der Waals surface area contributed by atoms with Crippen LogP contribution in [0.3, 0.4) is 0 Å². The van der Waals surface area contributed by atoms with Crippen molar-refractivity contribution in [1.82, 2.24) is 0 Å². The second kappa shape index (κ2) is 7.07. The molecule has 0 unspecified atom stereocenters. The normalized spacial score (nSPS) is 12.8. The maximum Gasteiger partial charge on any atom is 0.328 e. The molecule has 0 aliphatic rings. The van der Waals surface area contributed by atoms with Crippen molar-refractivity contribution in [3.8, 4) is 0 Å². The zero-order valence-electron chi connectivity index (χ0n) is 13.6. The van der Waals surface area contributed by atoms with Crippen LogP contribution in [-0.4, -0.2) is 25.0 Å². The third-order valence-corrected chi connectivity index (χ3v) is 3.60. The fraction of sp³-hybridized carbons (Fsp3) is 0.412. The Labute approximate surface area is 126 Å². The predicted molar refractivity (Wildman–Crippen MR) is 84.3 cm³/mol. The minimum Gasteiger partial charge on any atom is -0.467 e. The van der Waals surface area contributed by atoms with E-state index in [4.69, 9.17) is 4.74 Å². The van der Waals surface area contributed by atoms with Gasteiger partial charge in [-0.15, -0.1) is 0 Å². The van der Waals surface area contributed by atoms with E-state index in [2.05, 4.69) is 0 Å². The lowest BCUT2D eigenvalue weighted by Crippen LogP contribution is -2.45. The SMILES string of the molecule is CC=C(C)C(=O)N(c1c(C)cccc1C)[C@@H](C)C(=O)OC. The Morgan fingerprint density at radius 3 is 2.19 bits per heavy atom. The van der Waals surface area contributed by atoms with Gasteiger partial charge in [0.1, 0.15) is 6.04 Å². The highest BCUT2D eigenvalue weighted by molar-refractivity contribution is 6.09. The highest BCUT2D eigenvalue weighted by Gasteiger charge is 2.30. The summed E-state index contributed by atoms with van der Waals surface area (Å²) in [6.45, 7) is 9.08. The number of allylic oxidation sites excluding steroid dienone is 1. The van der Waals surface area contributed by atoms with Gasteiger partial charge in [0, 0.05) is 5.57 Å². The molecular formula is C17H23NO3. The monoisotopic (exact) mass is 289 g/mol. The average molecular weight is 289 g/mol. The summed E-state index contributed by atoms with van der Waals surface area (Å²) in [5, 5.41) is 0. The van der Waals surface area contributed by atoms with E-state index in [9.17, 15) is 9.59 Å². The van der Waals surface area contributed by atoms with Crippen molar-refractivity contribution in [2.24, 2.45) is 0 Å². The molecule has 4 nitrogen and oxygen atoms in total. The Morgan fingerprint density at radius 1 is 1.24 bits per heavy atom. The molecule has 1 rings (SSSR count). The second-order valence-corrected chi connectivity index (χ2v) is 5.09. The number of amides is 1. The number of anilines is 1. The Bertz CT molecular complexity index is 555. The molecule has 0 aromatic heterocycles. The van der Waals surface area contributed by atoms with Gasteiger partial charge in [0.2, 0.25) is 0 Å². The number of rotatable bonds is 4. The van der Waals surface area contributed by atoms with E-state index in [1.54, 1.807) is 26.8 Å². The van der Waals surface area contributed by atoms with E-state index in [0.29, 0.717) is 5.57 Å². The maximum atomic E-state index is 12.7. The van der Waals surface area contributed by atoms with Gasteiger partial charge in [0.15, 0.2) is 0 Å². The first-order valence-corrected chi connectivity index (χ1v) is 6.95. The van der Waals surface area contributed by atoms with Gasteiger partial charge < -0.3 is 4.74 Å². The molecule has 114 valence electrons. The van der Waals surface area contributed by atoms with Crippen LogP contribution < -0.4 is 4.90 Å². The smallest absolute Gasteiger partial charge is 0.328 e. The van der Waals surface area contributed by atoms with Gasteiger partial charge in [-0.25, -0.2) is 4.79 Å². The Kier molecular flexibility index (Phi) is 5.70. The van der Waals surface area contributed by atoms with Gasteiger partial charge in [-0.2, -0.15) is 0 Å². The molecule has 0 saturated heterocycles. The molecule has 1 amide bonds. The number of methoxy groups -OCH3 is 1. The van der Waals surface area contributed by atoms with Gasteiger partial charge >= 0.3 is 5.97 Å². The Hall–Kier alpha value is -2.10.